The van der Waals surface area contributed by atoms with Crippen molar-refractivity contribution in [2.75, 3.05) is 0 Å². The van der Waals surface area contributed by atoms with Gasteiger partial charge in [0.1, 0.15) is 0 Å². The molecule has 0 saturated heterocycles. The minimum atomic E-state index is -7.49. The third-order valence-electron chi connectivity index (χ3n) is 1.97. The van der Waals surface area contributed by atoms with Gasteiger partial charge in [0.15, 0.2) is 0 Å². The second-order valence-electron chi connectivity index (χ2n) is 3.71. The van der Waals surface area contributed by atoms with Crippen LogP contribution in [-0.2, 0) is 14.3 Å². The maximum absolute atomic E-state index is 12.8. The van der Waals surface area contributed by atoms with Gasteiger partial charge in [-0.3, -0.25) is 4.79 Å². The van der Waals surface area contributed by atoms with E-state index >= 15 is 0 Å². The van der Waals surface area contributed by atoms with Gasteiger partial charge in [-0.05, 0) is 0 Å². The zero-order chi connectivity index (χ0) is 20.6. The SMILES string of the molecule is O=C(F)C(F)(F)C(F)(F)OC(F)(F)C(F)(F)C(F)(F)OC(F)=C(F)F. The smallest absolute Gasteiger partial charge is 0.397 e. The second-order valence-corrected chi connectivity index (χ2v) is 3.71. The summed E-state index contributed by atoms with van der Waals surface area (Å²) in [6, 6.07) is -8.23. The summed E-state index contributed by atoms with van der Waals surface area (Å²) < 4.78 is 176. The Labute approximate surface area is 125 Å². The fraction of sp³-hybridized carbons (Fsp3) is 0.625. The zero-order valence-electron chi connectivity index (χ0n) is 10.5. The average molecular weight is 410 g/mol. The van der Waals surface area contributed by atoms with Crippen molar-refractivity contribution < 1.29 is 75.7 Å². The van der Waals surface area contributed by atoms with Crippen LogP contribution in [0.15, 0.2) is 12.1 Å². The van der Waals surface area contributed by atoms with Crippen molar-refractivity contribution in [3.05, 3.63) is 12.1 Å². The molecule has 0 aromatic rings. The molecule has 0 aromatic carbocycles. The van der Waals surface area contributed by atoms with Gasteiger partial charge in [-0.2, -0.15) is 61.5 Å². The Morgan fingerprint density at radius 3 is 1.36 bits per heavy atom. The van der Waals surface area contributed by atoms with Crippen LogP contribution < -0.4 is 0 Å². The molecule has 0 amide bonds. The van der Waals surface area contributed by atoms with Crippen molar-refractivity contribution in [2.45, 2.75) is 30.2 Å². The van der Waals surface area contributed by atoms with E-state index in [1.165, 1.54) is 4.74 Å². The van der Waals surface area contributed by atoms with Gasteiger partial charge in [0.25, 0.3) is 0 Å². The van der Waals surface area contributed by atoms with Gasteiger partial charge in [-0.1, -0.05) is 0 Å². The predicted molar refractivity (Wildman–Crippen MR) is 43.4 cm³/mol. The lowest BCUT2D eigenvalue weighted by Gasteiger charge is -2.33. The Morgan fingerprint density at radius 1 is 0.640 bits per heavy atom. The summed E-state index contributed by atoms with van der Waals surface area (Å²) in [5.74, 6) is -14.3. The first-order valence-electron chi connectivity index (χ1n) is 4.92. The Morgan fingerprint density at radius 2 is 1.04 bits per heavy atom. The van der Waals surface area contributed by atoms with E-state index in [-0.39, 0.29) is 0 Å². The molecule has 3 nitrogen and oxygen atoms in total. The van der Waals surface area contributed by atoms with E-state index in [0.717, 1.165) is 0 Å². The van der Waals surface area contributed by atoms with Crippen molar-refractivity contribution in [1.29, 1.82) is 0 Å². The summed E-state index contributed by atoms with van der Waals surface area (Å²) in [5.41, 5.74) is 0. The standard InChI is InChI=1S/C8F14O3/c9-1(10)2(11)24-7(19,20)5(15,16)8(21,22)25-6(17,18)4(13,14)3(12)23. The molecule has 0 spiro atoms. The van der Waals surface area contributed by atoms with Gasteiger partial charge in [0.05, 0.1) is 0 Å². The Bertz CT molecular complexity index is 548. The average Bonchev–Trinajstić information content (AvgIpc) is 2.35. The monoisotopic (exact) mass is 410 g/mol. The normalized spacial score (nSPS) is 14.3. The molecular weight excluding hydrogens is 410 g/mol. The molecule has 17 heteroatoms. The molecule has 0 saturated carbocycles. The number of carbonyl (C=O) groups is 1. The quantitative estimate of drug-likeness (QED) is 0.334. The fourth-order valence-corrected chi connectivity index (χ4v) is 0.788. The number of hydrogen-bond acceptors (Lipinski definition) is 3. The van der Waals surface area contributed by atoms with Gasteiger partial charge in [-0.15, -0.1) is 0 Å². The topological polar surface area (TPSA) is 35.5 Å². The highest BCUT2D eigenvalue weighted by atomic mass is 19.4. The maximum Gasteiger partial charge on any atom is 0.475 e. The van der Waals surface area contributed by atoms with E-state index in [9.17, 15) is 66.3 Å². The summed E-state index contributed by atoms with van der Waals surface area (Å²) in [4.78, 5) is 9.54. The summed E-state index contributed by atoms with van der Waals surface area (Å²) in [7, 11) is 0. The molecule has 148 valence electrons. The molecule has 0 N–H and O–H groups in total. The Kier molecular flexibility index (Phi) is 6.02. The number of halogens is 14. The second kappa shape index (κ2) is 6.49. The summed E-state index contributed by atoms with van der Waals surface area (Å²) in [6.45, 7) is 0. The highest BCUT2D eigenvalue weighted by molar-refractivity contribution is 5.77. The lowest BCUT2D eigenvalue weighted by molar-refractivity contribution is -0.501. The van der Waals surface area contributed by atoms with Crippen molar-refractivity contribution in [1.82, 2.24) is 0 Å². The first-order chi connectivity index (χ1) is 10.7. The van der Waals surface area contributed by atoms with Gasteiger partial charge in [0, 0.05) is 0 Å². The van der Waals surface area contributed by atoms with E-state index < -0.39 is 48.3 Å². The first-order valence-corrected chi connectivity index (χ1v) is 4.92. The maximum atomic E-state index is 12.8. The van der Waals surface area contributed by atoms with Crippen molar-refractivity contribution >= 4 is 6.04 Å². The van der Waals surface area contributed by atoms with Crippen LogP contribution in [-0.4, -0.2) is 36.2 Å². The van der Waals surface area contributed by atoms with E-state index in [0.29, 0.717) is 0 Å². The number of alkyl halides is 10. The third kappa shape index (κ3) is 4.24. The molecule has 0 fully saturated rings. The van der Waals surface area contributed by atoms with Crippen LogP contribution in [0.3, 0.4) is 0 Å². The zero-order valence-corrected chi connectivity index (χ0v) is 10.5. The highest BCUT2D eigenvalue weighted by Gasteiger charge is 2.80. The van der Waals surface area contributed by atoms with Crippen LogP contribution in [0.2, 0.25) is 0 Å². The van der Waals surface area contributed by atoms with E-state index in [1.54, 1.807) is 0 Å². The first kappa shape index (κ1) is 23.2. The summed E-state index contributed by atoms with van der Waals surface area (Å²) in [6.07, 6.45) is -25.5. The van der Waals surface area contributed by atoms with Crippen molar-refractivity contribution in [3.63, 3.8) is 0 Å². The molecule has 0 aromatic heterocycles. The lowest BCUT2D eigenvalue weighted by atomic mass is 10.2. The van der Waals surface area contributed by atoms with Crippen molar-refractivity contribution in [2.24, 2.45) is 0 Å². The summed E-state index contributed by atoms with van der Waals surface area (Å²) in [5, 5.41) is 0. The Hall–Kier alpha value is -1.81. The number of hydrogen-bond donors (Lipinski definition) is 0. The minimum Gasteiger partial charge on any atom is -0.397 e. The largest absolute Gasteiger partial charge is 0.475 e. The molecule has 0 aliphatic heterocycles. The van der Waals surface area contributed by atoms with Gasteiger partial charge >= 0.3 is 48.3 Å². The number of rotatable bonds is 8. The Balaban J connectivity index is 5.83. The molecular formula is C8F14O3. The molecule has 0 aliphatic carbocycles. The molecule has 0 atom stereocenters. The van der Waals surface area contributed by atoms with Crippen LogP contribution in [0.1, 0.15) is 0 Å². The molecule has 0 rings (SSSR count). The number of ether oxygens (including phenoxy) is 2. The minimum absolute atomic E-state index is 1.43. The van der Waals surface area contributed by atoms with Crippen LogP contribution in [0.4, 0.5) is 61.5 Å². The third-order valence-corrected chi connectivity index (χ3v) is 1.97. The predicted octanol–water partition coefficient (Wildman–Crippen LogP) is 4.60. The van der Waals surface area contributed by atoms with E-state index in [1.807, 2.05) is 4.74 Å². The van der Waals surface area contributed by atoms with Crippen LogP contribution in [0, 0.1) is 0 Å². The van der Waals surface area contributed by atoms with Crippen molar-refractivity contribution in [3.8, 4) is 0 Å². The lowest BCUT2D eigenvalue weighted by Crippen LogP contribution is -2.61. The van der Waals surface area contributed by atoms with Crippen LogP contribution in [0.25, 0.3) is 0 Å². The molecule has 0 heterocycles. The van der Waals surface area contributed by atoms with E-state index in [4.69, 9.17) is 0 Å². The highest BCUT2D eigenvalue weighted by Crippen LogP contribution is 2.51. The molecule has 0 bridgehead atoms. The van der Waals surface area contributed by atoms with Crippen LogP contribution >= 0.6 is 0 Å². The van der Waals surface area contributed by atoms with Gasteiger partial charge in [0.2, 0.25) is 0 Å². The van der Waals surface area contributed by atoms with Crippen LogP contribution in [0.5, 0.6) is 0 Å². The fourth-order valence-electron chi connectivity index (χ4n) is 0.788. The molecule has 0 unspecified atom stereocenters. The van der Waals surface area contributed by atoms with Gasteiger partial charge < -0.3 is 4.74 Å². The molecule has 0 aliphatic rings. The van der Waals surface area contributed by atoms with Gasteiger partial charge in [-0.25, -0.2) is 4.74 Å². The van der Waals surface area contributed by atoms with E-state index in [2.05, 4.69) is 0 Å². The molecule has 0 radical (unpaired) electrons. The number of carbonyl (C=O) groups excluding carboxylic acids is 1. The summed E-state index contributed by atoms with van der Waals surface area (Å²) >= 11 is 0. The molecule has 25 heavy (non-hydrogen) atoms.